The number of ether oxygens (including phenoxy) is 1. The Morgan fingerprint density at radius 2 is 1.72 bits per heavy atom. The van der Waals surface area contributed by atoms with E-state index in [1.54, 1.807) is 45.0 Å². The molecule has 0 fully saturated rings. The first-order valence-corrected chi connectivity index (χ1v) is 12.5. The average Bonchev–Trinajstić information content (AvgIpc) is 2.89. The minimum atomic E-state index is -1.26. The fraction of sp³-hybridized carbons (Fsp3) is 0.379. The predicted molar refractivity (Wildman–Crippen MR) is 146 cm³/mol. The van der Waals surface area contributed by atoms with E-state index in [4.69, 9.17) is 16.9 Å². The molecule has 0 radical (unpaired) electrons. The minimum Gasteiger partial charge on any atom is -0.444 e. The number of alkyl carbamates (subject to hydrolysis) is 1. The van der Waals surface area contributed by atoms with Gasteiger partial charge in [0.25, 0.3) is 0 Å². The number of amides is 4. The number of hydrogen-bond donors (Lipinski definition) is 4. The van der Waals surface area contributed by atoms with E-state index in [0.29, 0.717) is 11.1 Å². The molecule has 2 aromatic carbocycles. The number of nitrogens with two attached hydrogens (primary N) is 1. The molecule has 2 aromatic rings. The van der Waals surface area contributed by atoms with E-state index in [9.17, 15) is 24.3 Å². The van der Waals surface area contributed by atoms with E-state index in [1.165, 1.54) is 0 Å². The van der Waals surface area contributed by atoms with Crippen LogP contribution in [0.2, 0.25) is 0 Å². The van der Waals surface area contributed by atoms with Crippen LogP contribution in [0.4, 0.5) is 4.79 Å². The van der Waals surface area contributed by atoms with Gasteiger partial charge in [-0.1, -0.05) is 48.4 Å². The maximum Gasteiger partial charge on any atom is 0.408 e. The molecule has 0 heterocycles. The largest absolute Gasteiger partial charge is 0.444 e. The summed E-state index contributed by atoms with van der Waals surface area (Å²) in [7, 11) is 0. The zero-order valence-corrected chi connectivity index (χ0v) is 22.5. The van der Waals surface area contributed by atoms with Crippen molar-refractivity contribution in [2.24, 2.45) is 5.73 Å². The van der Waals surface area contributed by atoms with Gasteiger partial charge in [-0.25, -0.2) is 4.79 Å². The minimum absolute atomic E-state index is 0.135. The second-order valence-corrected chi connectivity index (χ2v) is 9.83. The van der Waals surface area contributed by atoms with Crippen LogP contribution in [0, 0.1) is 12.3 Å². The standard InChI is InChI=1S/C29H36N4O6/c1-5-20-11-13-22(14-12-20)25(26(36)31-19-21-9-7-6-8-10-21)33(17-18-34)27(37)23(15-16-24(30)35)32-28(38)39-29(2,3)4/h1,6-14,23,25,34H,15-19H2,2-4H3,(H2,30,35)(H,31,36)(H,32,38). The Labute approximate surface area is 228 Å². The van der Waals surface area contributed by atoms with Gasteiger partial charge in [0.05, 0.1) is 6.61 Å². The molecule has 2 rings (SSSR count). The number of carbonyl (C=O) groups is 4. The molecule has 0 saturated carbocycles. The van der Waals surface area contributed by atoms with Gasteiger partial charge >= 0.3 is 6.09 Å². The molecule has 0 aromatic heterocycles. The van der Waals surface area contributed by atoms with Crippen LogP contribution in [0.15, 0.2) is 54.6 Å². The van der Waals surface area contributed by atoms with E-state index in [0.717, 1.165) is 10.5 Å². The zero-order chi connectivity index (χ0) is 29.0. The van der Waals surface area contributed by atoms with Crippen LogP contribution in [0.1, 0.15) is 56.3 Å². The molecule has 2 atom stereocenters. The molecule has 10 heteroatoms. The average molecular weight is 537 g/mol. The van der Waals surface area contributed by atoms with Crippen molar-refractivity contribution in [3.05, 3.63) is 71.3 Å². The molecule has 0 aliphatic heterocycles. The molecule has 0 aliphatic carbocycles. The van der Waals surface area contributed by atoms with Crippen LogP contribution in [-0.2, 0) is 25.7 Å². The lowest BCUT2D eigenvalue weighted by Gasteiger charge is -2.34. The Morgan fingerprint density at radius 3 is 2.26 bits per heavy atom. The molecule has 0 aliphatic rings. The van der Waals surface area contributed by atoms with Gasteiger partial charge < -0.3 is 31.1 Å². The summed E-state index contributed by atoms with van der Waals surface area (Å²) in [5, 5.41) is 15.2. The SMILES string of the molecule is C#Cc1ccc(C(C(=O)NCc2ccccc2)N(CCO)C(=O)C(CCC(N)=O)NC(=O)OC(C)(C)C)cc1. The summed E-state index contributed by atoms with van der Waals surface area (Å²) < 4.78 is 5.29. The summed E-state index contributed by atoms with van der Waals surface area (Å²) in [6.45, 7) is 4.49. The number of benzene rings is 2. The fourth-order valence-corrected chi connectivity index (χ4v) is 3.78. The van der Waals surface area contributed by atoms with Gasteiger partial charge in [-0.05, 0) is 50.5 Å². The summed E-state index contributed by atoms with van der Waals surface area (Å²) in [4.78, 5) is 52.6. The van der Waals surface area contributed by atoms with E-state index < -0.39 is 48.1 Å². The van der Waals surface area contributed by atoms with Gasteiger partial charge in [-0.3, -0.25) is 14.4 Å². The number of nitrogens with zero attached hydrogens (tertiary/aromatic N) is 1. The number of terminal acetylenes is 1. The van der Waals surface area contributed by atoms with E-state index in [2.05, 4.69) is 16.6 Å². The van der Waals surface area contributed by atoms with E-state index in [-0.39, 0.29) is 25.9 Å². The number of primary amides is 1. The van der Waals surface area contributed by atoms with Crippen LogP contribution < -0.4 is 16.4 Å². The van der Waals surface area contributed by atoms with E-state index >= 15 is 0 Å². The summed E-state index contributed by atoms with van der Waals surface area (Å²) >= 11 is 0. The molecule has 208 valence electrons. The highest BCUT2D eigenvalue weighted by molar-refractivity contribution is 5.92. The molecule has 5 N–H and O–H groups in total. The van der Waals surface area contributed by atoms with Gasteiger partial charge in [0.1, 0.15) is 17.7 Å². The lowest BCUT2D eigenvalue weighted by molar-refractivity contribution is -0.143. The van der Waals surface area contributed by atoms with Crippen LogP contribution in [0.5, 0.6) is 0 Å². The zero-order valence-electron chi connectivity index (χ0n) is 22.5. The lowest BCUT2D eigenvalue weighted by Crippen LogP contribution is -2.53. The third kappa shape index (κ3) is 10.1. The van der Waals surface area contributed by atoms with Crippen molar-refractivity contribution < 1.29 is 29.0 Å². The van der Waals surface area contributed by atoms with Gasteiger partial charge in [0, 0.05) is 25.1 Å². The predicted octanol–water partition coefficient (Wildman–Crippen LogP) is 2.01. The molecular weight excluding hydrogens is 500 g/mol. The van der Waals surface area contributed by atoms with Gasteiger partial charge in [0.2, 0.25) is 17.7 Å². The van der Waals surface area contributed by atoms with Crippen LogP contribution in [-0.4, -0.2) is 58.6 Å². The van der Waals surface area contributed by atoms with Crippen molar-refractivity contribution in [3.63, 3.8) is 0 Å². The molecule has 2 unspecified atom stereocenters. The second-order valence-electron chi connectivity index (χ2n) is 9.83. The Hall–Kier alpha value is -4.36. The van der Waals surface area contributed by atoms with Crippen molar-refractivity contribution >= 4 is 23.8 Å². The number of hydrogen-bond acceptors (Lipinski definition) is 6. The summed E-state index contributed by atoms with van der Waals surface area (Å²) in [6.07, 6.45) is 4.25. The topological polar surface area (TPSA) is 151 Å². The number of aliphatic hydroxyl groups excluding tert-OH is 1. The maximum atomic E-state index is 13.8. The van der Waals surface area contributed by atoms with Crippen LogP contribution in [0.25, 0.3) is 0 Å². The highest BCUT2D eigenvalue weighted by atomic mass is 16.6. The summed E-state index contributed by atoms with van der Waals surface area (Å²) in [6, 6.07) is 13.3. The van der Waals surface area contributed by atoms with Gasteiger partial charge in [0.15, 0.2) is 0 Å². The van der Waals surface area contributed by atoms with Crippen molar-refractivity contribution in [3.8, 4) is 12.3 Å². The molecule has 0 bridgehead atoms. The smallest absolute Gasteiger partial charge is 0.408 e. The highest BCUT2D eigenvalue weighted by Crippen LogP contribution is 2.24. The summed E-state index contributed by atoms with van der Waals surface area (Å²) in [5.74, 6) is 0.623. The van der Waals surface area contributed by atoms with E-state index in [1.807, 2.05) is 30.3 Å². The Bertz CT molecular complexity index is 1170. The third-order valence-corrected chi connectivity index (χ3v) is 5.56. The number of carbonyl (C=O) groups excluding carboxylic acids is 4. The first-order valence-electron chi connectivity index (χ1n) is 12.5. The molecule has 39 heavy (non-hydrogen) atoms. The molecule has 10 nitrogen and oxygen atoms in total. The fourth-order valence-electron chi connectivity index (χ4n) is 3.78. The number of rotatable bonds is 12. The van der Waals surface area contributed by atoms with Crippen molar-refractivity contribution in [2.45, 2.75) is 57.8 Å². The van der Waals surface area contributed by atoms with Crippen molar-refractivity contribution in [1.29, 1.82) is 0 Å². The number of aliphatic hydroxyl groups is 1. The second kappa shape index (κ2) is 14.5. The molecule has 0 saturated heterocycles. The molecular formula is C29H36N4O6. The first-order chi connectivity index (χ1) is 18.4. The Kier molecular flexibility index (Phi) is 11.5. The Morgan fingerprint density at radius 1 is 1.08 bits per heavy atom. The quantitative estimate of drug-likeness (QED) is 0.305. The van der Waals surface area contributed by atoms with Crippen molar-refractivity contribution in [2.75, 3.05) is 13.2 Å². The lowest BCUT2D eigenvalue weighted by atomic mass is 10.00. The third-order valence-electron chi connectivity index (χ3n) is 5.56. The Balaban J connectivity index is 2.45. The first kappa shape index (κ1) is 30.9. The van der Waals surface area contributed by atoms with Gasteiger partial charge in [-0.2, -0.15) is 0 Å². The normalized spacial score (nSPS) is 12.4. The molecule has 0 spiro atoms. The molecule has 4 amide bonds. The van der Waals surface area contributed by atoms with Crippen molar-refractivity contribution in [1.82, 2.24) is 15.5 Å². The van der Waals surface area contributed by atoms with Gasteiger partial charge in [-0.15, -0.1) is 6.42 Å². The monoisotopic (exact) mass is 536 g/mol. The number of nitrogens with one attached hydrogen (secondary N) is 2. The maximum absolute atomic E-state index is 13.8. The van der Waals surface area contributed by atoms with Crippen LogP contribution >= 0.6 is 0 Å². The highest BCUT2D eigenvalue weighted by Gasteiger charge is 2.36. The van der Waals surface area contributed by atoms with Crippen LogP contribution in [0.3, 0.4) is 0 Å². The summed E-state index contributed by atoms with van der Waals surface area (Å²) in [5.41, 5.74) is 6.32.